The van der Waals surface area contributed by atoms with Gasteiger partial charge in [0.05, 0.1) is 5.69 Å². The summed E-state index contributed by atoms with van der Waals surface area (Å²) >= 11 is 0. The van der Waals surface area contributed by atoms with Crippen molar-refractivity contribution < 1.29 is 4.79 Å². The van der Waals surface area contributed by atoms with Gasteiger partial charge in [-0.05, 0) is 26.0 Å². The van der Waals surface area contributed by atoms with E-state index in [1.807, 2.05) is 42.7 Å². The third-order valence-electron chi connectivity index (χ3n) is 3.90. The van der Waals surface area contributed by atoms with Gasteiger partial charge < -0.3 is 10.6 Å². The van der Waals surface area contributed by atoms with Crippen molar-refractivity contribution in [3.8, 4) is 5.82 Å². The normalized spacial score (nSPS) is 10.5. The first-order chi connectivity index (χ1) is 12.1. The van der Waals surface area contributed by atoms with Crippen molar-refractivity contribution >= 4 is 11.7 Å². The molecular formula is C18H20N6O. The number of amides is 1. The molecule has 0 aliphatic carbocycles. The summed E-state index contributed by atoms with van der Waals surface area (Å²) in [6.07, 6.45) is 3.26. The molecule has 128 valence electrons. The van der Waals surface area contributed by atoms with Crippen molar-refractivity contribution in [3.05, 3.63) is 66.0 Å². The van der Waals surface area contributed by atoms with Crippen molar-refractivity contribution in [2.45, 2.75) is 13.8 Å². The van der Waals surface area contributed by atoms with Gasteiger partial charge in [-0.1, -0.05) is 18.2 Å². The van der Waals surface area contributed by atoms with Crippen LogP contribution in [0.15, 0.2) is 49.1 Å². The Bertz CT molecular complexity index is 859. The van der Waals surface area contributed by atoms with Crippen LogP contribution in [0.2, 0.25) is 0 Å². The Labute approximate surface area is 146 Å². The van der Waals surface area contributed by atoms with E-state index in [0.29, 0.717) is 24.5 Å². The molecule has 0 aliphatic rings. The first-order valence-corrected chi connectivity index (χ1v) is 8.05. The minimum absolute atomic E-state index is 0.0877. The summed E-state index contributed by atoms with van der Waals surface area (Å²) in [5, 5.41) is 6.06. The molecule has 0 saturated heterocycles. The molecule has 1 aromatic carbocycles. The number of carbonyl (C=O) groups is 1. The zero-order valence-electron chi connectivity index (χ0n) is 14.2. The van der Waals surface area contributed by atoms with E-state index in [2.05, 4.69) is 25.6 Å². The Kier molecular flexibility index (Phi) is 5.03. The summed E-state index contributed by atoms with van der Waals surface area (Å²) in [4.78, 5) is 24.7. The fourth-order valence-corrected chi connectivity index (χ4v) is 2.36. The van der Waals surface area contributed by atoms with Crippen LogP contribution in [0.25, 0.3) is 5.82 Å². The van der Waals surface area contributed by atoms with Crippen molar-refractivity contribution in [1.82, 2.24) is 24.8 Å². The lowest BCUT2D eigenvalue weighted by atomic mass is 10.2. The third kappa shape index (κ3) is 4.00. The lowest BCUT2D eigenvalue weighted by Gasteiger charge is -2.09. The van der Waals surface area contributed by atoms with E-state index in [9.17, 15) is 4.79 Å². The first-order valence-electron chi connectivity index (χ1n) is 8.05. The van der Waals surface area contributed by atoms with Crippen LogP contribution in [-0.2, 0) is 0 Å². The zero-order valence-corrected chi connectivity index (χ0v) is 14.2. The molecule has 25 heavy (non-hydrogen) atoms. The number of aryl methyl sites for hydroxylation is 1. The maximum Gasteiger partial charge on any atom is 0.251 e. The van der Waals surface area contributed by atoms with Gasteiger partial charge in [0.1, 0.15) is 24.3 Å². The van der Waals surface area contributed by atoms with Gasteiger partial charge in [-0.3, -0.25) is 9.36 Å². The summed E-state index contributed by atoms with van der Waals surface area (Å²) < 4.78 is 1.92. The summed E-state index contributed by atoms with van der Waals surface area (Å²) in [5.41, 5.74) is 2.66. The predicted octanol–water partition coefficient (Wildman–Crippen LogP) is 2.12. The quantitative estimate of drug-likeness (QED) is 0.674. The molecule has 0 spiro atoms. The van der Waals surface area contributed by atoms with E-state index in [1.165, 1.54) is 6.33 Å². The number of hydrogen-bond donors (Lipinski definition) is 2. The van der Waals surface area contributed by atoms with Crippen LogP contribution in [0.4, 0.5) is 5.82 Å². The average Bonchev–Trinajstić information content (AvgIpc) is 2.98. The fourth-order valence-electron chi connectivity index (χ4n) is 2.36. The Balaban J connectivity index is 1.55. The molecule has 2 aromatic heterocycles. The van der Waals surface area contributed by atoms with E-state index in [1.54, 1.807) is 18.5 Å². The number of nitrogens with one attached hydrogen (secondary N) is 2. The molecule has 2 heterocycles. The number of hydrogen-bond acceptors (Lipinski definition) is 5. The summed E-state index contributed by atoms with van der Waals surface area (Å²) in [6.45, 7) is 5.02. The minimum Gasteiger partial charge on any atom is -0.368 e. The van der Waals surface area contributed by atoms with Crippen LogP contribution in [0.3, 0.4) is 0 Å². The highest BCUT2D eigenvalue weighted by atomic mass is 16.1. The van der Waals surface area contributed by atoms with E-state index < -0.39 is 0 Å². The molecule has 0 atom stereocenters. The highest BCUT2D eigenvalue weighted by molar-refractivity contribution is 5.94. The molecule has 0 saturated carbocycles. The molecule has 7 nitrogen and oxygen atoms in total. The largest absolute Gasteiger partial charge is 0.368 e. The maximum absolute atomic E-state index is 12.0. The number of imidazole rings is 1. The molecule has 0 radical (unpaired) electrons. The maximum atomic E-state index is 12.0. The van der Waals surface area contributed by atoms with Crippen molar-refractivity contribution in [2.24, 2.45) is 0 Å². The average molecular weight is 336 g/mol. The van der Waals surface area contributed by atoms with Crippen LogP contribution < -0.4 is 10.6 Å². The summed E-state index contributed by atoms with van der Waals surface area (Å²) in [7, 11) is 0. The molecule has 2 N–H and O–H groups in total. The topological polar surface area (TPSA) is 84.7 Å². The minimum atomic E-state index is -0.0877. The van der Waals surface area contributed by atoms with Crippen LogP contribution in [0.5, 0.6) is 0 Å². The van der Waals surface area contributed by atoms with Gasteiger partial charge >= 0.3 is 0 Å². The molecule has 0 aliphatic heterocycles. The standard InChI is InChI=1S/C18H20N6O/c1-13-14(2)24(12-23-13)17-10-16(21-11-22-17)19-8-9-20-18(25)15-6-4-3-5-7-15/h3-7,10-12H,8-9H2,1-2H3,(H,20,25)(H,19,21,22). The fraction of sp³-hybridized carbons (Fsp3) is 0.222. The van der Waals surface area contributed by atoms with Crippen LogP contribution in [0, 0.1) is 13.8 Å². The highest BCUT2D eigenvalue weighted by Crippen LogP contribution is 2.13. The molecular weight excluding hydrogens is 316 g/mol. The van der Waals surface area contributed by atoms with Crippen molar-refractivity contribution in [3.63, 3.8) is 0 Å². The van der Waals surface area contributed by atoms with Gasteiger partial charge in [-0.15, -0.1) is 0 Å². The second-order valence-electron chi connectivity index (χ2n) is 5.60. The summed E-state index contributed by atoms with van der Waals surface area (Å²) in [5.74, 6) is 1.36. The number of aromatic nitrogens is 4. The zero-order chi connectivity index (χ0) is 17.6. The van der Waals surface area contributed by atoms with Crippen LogP contribution >= 0.6 is 0 Å². The molecule has 0 unspecified atom stereocenters. The predicted molar refractivity (Wildman–Crippen MR) is 95.9 cm³/mol. The van der Waals surface area contributed by atoms with Gasteiger partial charge in [0.25, 0.3) is 5.91 Å². The number of rotatable bonds is 6. The van der Waals surface area contributed by atoms with Gasteiger partial charge in [0.15, 0.2) is 0 Å². The number of nitrogens with zero attached hydrogens (tertiary/aromatic N) is 4. The molecule has 0 bridgehead atoms. The van der Waals surface area contributed by atoms with Gasteiger partial charge in [-0.2, -0.15) is 0 Å². The first kappa shape index (κ1) is 16.6. The second kappa shape index (κ2) is 7.57. The second-order valence-corrected chi connectivity index (χ2v) is 5.60. The van der Waals surface area contributed by atoms with Gasteiger partial charge in [0, 0.05) is 30.4 Å². The number of anilines is 1. The highest BCUT2D eigenvalue weighted by Gasteiger charge is 2.07. The Morgan fingerprint density at radius 2 is 1.88 bits per heavy atom. The van der Waals surface area contributed by atoms with Crippen molar-refractivity contribution in [1.29, 1.82) is 0 Å². The van der Waals surface area contributed by atoms with E-state index in [4.69, 9.17) is 0 Å². The Morgan fingerprint density at radius 1 is 1.08 bits per heavy atom. The molecule has 3 rings (SSSR count). The van der Waals surface area contributed by atoms with E-state index in [-0.39, 0.29) is 5.91 Å². The SMILES string of the molecule is Cc1ncn(-c2cc(NCCNC(=O)c3ccccc3)ncn2)c1C. The van der Waals surface area contributed by atoms with E-state index in [0.717, 1.165) is 17.2 Å². The number of benzene rings is 1. The van der Waals surface area contributed by atoms with E-state index >= 15 is 0 Å². The lowest BCUT2D eigenvalue weighted by molar-refractivity contribution is 0.0955. The molecule has 7 heteroatoms. The van der Waals surface area contributed by atoms with Gasteiger partial charge in [-0.25, -0.2) is 15.0 Å². The Hall–Kier alpha value is -3.22. The molecule has 1 amide bonds. The summed E-state index contributed by atoms with van der Waals surface area (Å²) in [6, 6.07) is 11.0. The Morgan fingerprint density at radius 3 is 2.60 bits per heavy atom. The monoisotopic (exact) mass is 336 g/mol. The smallest absolute Gasteiger partial charge is 0.251 e. The molecule has 3 aromatic rings. The number of carbonyl (C=O) groups excluding carboxylic acids is 1. The molecule has 0 fully saturated rings. The van der Waals surface area contributed by atoms with Crippen LogP contribution in [-0.4, -0.2) is 38.5 Å². The lowest BCUT2D eigenvalue weighted by Crippen LogP contribution is -2.28. The van der Waals surface area contributed by atoms with Crippen LogP contribution in [0.1, 0.15) is 21.7 Å². The van der Waals surface area contributed by atoms with Crippen molar-refractivity contribution in [2.75, 3.05) is 18.4 Å². The van der Waals surface area contributed by atoms with Gasteiger partial charge in [0.2, 0.25) is 0 Å². The third-order valence-corrected chi connectivity index (χ3v) is 3.90.